The van der Waals surface area contributed by atoms with Crippen LogP contribution in [0.2, 0.25) is 0 Å². The van der Waals surface area contributed by atoms with E-state index in [2.05, 4.69) is 15.5 Å². The molecule has 0 aliphatic carbocycles. The van der Waals surface area contributed by atoms with Gasteiger partial charge in [-0.05, 0) is 49.4 Å². The normalized spacial score (nSPS) is 10.8. The van der Waals surface area contributed by atoms with Crippen LogP contribution in [0.25, 0.3) is 22.4 Å². The van der Waals surface area contributed by atoms with Crippen molar-refractivity contribution >= 4 is 17.0 Å². The Morgan fingerprint density at radius 2 is 1.87 bits per heavy atom. The van der Waals surface area contributed by atoms with Gasteiger partial charge in [0.25, 0.3) is 11.6 Å². The van der Waals surface area contributed by atoms with Crippen LogP contribution >= 0.6 is 0 Å². The molecule has 1 N–H and O–H groups in total. The van der Waals surface area contributed by atoms with Crippen molar-refractivity contribution < 1.29 is 23.2 Å². The first-order valence-corrected chi connectivity index (χ1v) is 9.64. The summed E-state index contributed by atoms with van der Waals surface area (Å²) in [5, 5.41) is 7.30. The summed E-state index contributed by atoms with van der Waals surface area (Å²) in [5.41, 5.74) is 2.32. The van der Waals surface area contributed by atoms with Crippen molar-refractivity contribution in [3.05, 3.63) is 71.7 Å². The molecule has 1 amide bonds. The van der Waals surface area contributed by atoms with Gasteiger partial charge in [0.1, 0.15) is 12.4 Å². The second-order valence-corrected chi connectivity index (χ2v) is 6.77. The average molecular weight is 421 g/mol. The average Bonchev–Trinajstić information content (AvgIpc) is 3.17. The van der Waals surface area contributed by atoms with Gasteiger partial charge in [-0.15, -0.1) is 0 Å². The monoisotopic (exact) mass is 421 g/mol. The van der Waals surface area contributed by atoms with Gasteiger partial charge in [-0.2, -0.15) is 0 Å². The Hall–Kier alpha value is -3.94. The maximum Gasteiger partial charge on any atom is 0.259 e. The summed E-state index contributed by atoms with van der Waals surface area (Å²) in [7, 11) is 1.57. The molecule has 0 spiro atoms. The van der Waals surface area contributed by atoms with E-state index in [-0.39, 0.29) is 30.6 Å². The molecule has 0 bridgehead atoms. The number of carbonyl (C=O) groups is 1. The van der Waals surface area contributed by atoms with Gasteiger partial charge in [-0.25, -0.2) is 9.37 Å². The SMILES string of the molecule is COc1ccccc1OCCNC(=O)c1cc(-c2ccc(F)cc2)nc2onc(C)c12. The zero-order valence-electron chi connectivity index (χ0n) is 17.0. The van der Waals surface area contributed by atoms with E-state index < -0.39 is 0 Å². The predicted molar refractivity (Wildman–Crippen MR) is 113 cm³/mol. The van der Waals surface area contributed by atoms with Crippen LogP contribution in [-0.4, -0.2) is 36.3 Å². The molecule has 0 radical (unpaired) electrons. The number of pyridine rings is 1. The topological polar surface area (TPSA) is 86.5 Å². The lowest BCUT2D eigenvalue weighted by atomic mass is 10.1. The summed E-state index contributed by atoms with van der Waals surface area (Å²) in [5.74, 6) is 0.548. The quantitative estimate of drug-likeness (QED) is 0.451. The maximum atomic E-state index is 13.3. The van der Waals surface area contributed by atoms with Crippen LogP contribution in [0.3, 0.4) is 0 Å². The van der Waals surface area contributed by atoms with Gasteiger partial charge >= 0.3 is 0 Å². The van der Waals surface area contributed by atoms with Crippen molar-refractivity contribution in [2.75, 3.05) is 20.3 Å². The van der Waals surface area contributed by atoms with Crippen LogP contribution in [0, 0.1) is 12.7 Å². The number of para-hydroxylation sites is 2. The maximum absolute atomic E-state index is 13.3. The fourth-order valence-corrected chi connectivity index (χ4v) is 3.20. The summed E-state index contributed by atoms with van der Waals surface area (Å²) >= 11 is 0. The standard InChI is InChI=1S/C23H20FN3O4/c1-14-21-17(22(28)25-11-12-30-20-6-4-3-5-19(20)29-2)13-18(26-23(21)31-27-14)15-7-9-16(24)10-8-15/h3-10,13H,11-12H2,1-2H3,(H,25,28). The van der Waals surface area contributed by atoms with Crippen molar-refractivity contribution in [2.45, 2.75) is 6.92 Å². The molecule has 0 atom stereocenters. The highest BCUT2D eigenvalue weighted by Crippen LogP contribution is 2.27. The van der Waals surface area contributed by atoms with Crippen LogP contribution in [-0.2, 0) is 0 Å². The molecule has 31 heavy (non-hydrogen) atoms. The van der Waals surface area contributed by atoms with E-state index in [1.807, 2.05) is 12.1 Å². The number of aryl methyl sites for hydroxylation is 1. The first kappa shape index (κ1) is 20.3. The molecule has 4 aromatic rings. The van der Waals surface area contributed by atoms with E-state index >= 15 is 0 Å². The number of fused-ring (bicyclic) bond motifs is 1. The second kappa shape index (κ2) is 8.83. The molecule has 2 aromatic heterocycles. The van der Waals surface area contributed by atoms with E-state index in [4.69, 9.17) is 14.0 Å². The Morgan fingerprint density at radius 1 is 1.13 bits per heavy atom. The van der Waals surface area contributed by atoms with Gasteiger partial charge in [-0.3, -0.25) is 4.79 Å². The minimum Gasteiger partial charge on any atom is -0.493 e. The third-order valence-corrected chi connectivity index (χ3v) is 4.72. The van der Waals surface area contributed by atoms with Crippen LogP contribution in [0.1, 0.15) is 16.1 Å². The molecule has 0 saturated heterocycles. The number of hydrogen-bond acceptors (Lipinski definition) is 6. The molecular weight excluding hydrogens is 401 g/mol. The fraction of sp³-hybridized carbons (Fsp3) is 0.174. The summed E-state index contributed by atoms with van der Waals surface area (Å²) in [6, 6.07) is 14.8. The Kier molecular flexibility index (Phi) is 5.79. The van der Waals surface area contributed by atoms with Crippen LogP contribution in [0.4, 0.5) is 4.39 Å². The summed E-state index contributed by atoms with van der Waals surface area (Å²) in [6.45, 7) is 2.28. The number of rotatable bonds is 7. The molecule has 0 aliphatic heterocycles. The predicted octanol–water partition coefficient (Wildman–Crippen LogP) is 4.15. The van der Waals surface area contributed by atoms with Gasteiger partial charge < -0.3 is 19.3 Å². The minimum atomic E-state index is -0.353. The lowest BCUT2D eigenvalue weighted by molar-refractivity contribution is 0.0948. The largest absolute Gasteiger partial charge is 0.493 e. The van der Waals surface area contributed by atoms with Gasteiger partial charge in [0, 0.05) is 5.56 Å². The lowest BCUT2D eigenvalue weighted by Crippen LogP contribution is -2.28. The first-order valence-electron chi connectivity index (χ1n) is 9.64. The number of halogens is 1. The van der Waals surface area contributed by atoms with Crippen molar-refractivity contribution in [2.24, 2.45) is 0 Å². The molecule has 4 rings (SSSR count). The number of hydrogen-bond donors (Lipinski definition) is 1. The van der Waals surface area contributed by atoms with Crippen molar-refractivity contribution in [3.8, 4) is 22.8 Å². The zero-order valence-corrected chi connectivity index (χ0v) is 17.0. The van der Waals surface area contributed by atoms with Crippen LogP contribution in [0.15, 0.2) is 59.1 Å². The molecule has 2 heterocycles. The number of methoxy groups -OCH3 is 1. The Labute approximate surface area is 177 Å². The molecule has 0 aliphatic rings. The van der Waals surface area contributed by atoms with E-state index in [0.29, 0.717) is 39.4 Å². The Balaban J connectivity index is 1.52. The van der Waals surface area contributed by atoms with Crippen molar-refractivity contribution in [1.82, 2.24) is 15.5 Å². The Bertz CT molecular complexity index is 1220. The summed E-state index contributed by atoms with van der Waals surface area (Å²) in [4.78, 5) is 17.4. The van der Waals surface area contributed by atoms with Gasteiger partial charge in [0.15, 0.2) is 11.5 Å². The summed E-state index contributed by atoms with van der Waals surface area (Å²) in [6.07, 6.45) is 0. The van der Waals surface area contributed by atoms with Crippen molar-refractivity contribution in [3.63, 3.8) is 0 Å². The molecular formula is C23H20FN3O4. The van der Waals surface area contributed by atoms with E-state index in [1.54, 1.807) is 44.4 Å². The Morgan fingerprint density at radius 3 is 2.61 bits per heavy atom. The van der Waals surface area contributed by atoms with E-state index in [1.165, 1.54) is 12.1 Å². The highest BCUT2D eigenvalue weighted by Gasteiger charge is 2.19. The smallest absolute Gasteiger partial charge is 0.259 e. The van der Waals surface area contributed by atoms with Gasteiger partial charge in [0.05, 0.1) is 36.0 Å². The van der Waals surface area contributed by atoms with E-state index in [0.717, 1.165) is 0 Å². The van der Waals surface area contributed by atoms with Crippen LogP contribution < -0.4 is 14.8 Å². The molecule has 0 fully saturated rings. The molecule has 7 nitrogen and oxygen atoms in total. The number of amides is 1. The highest BCUT2D eigenvalue weighted by molar-refractivity contribution is 6.07. The zero-order chi connectivity index (χ0) is 21.8. The minimum absolute atomic E-state index is 0.245. The van der Waals surface area contributed by atoms with Gasteiger partial charge in [-0.1, -0.05) is 17.3 Å². The third-order valence-electron chi connectivity index (χ3n) is 4.72. The number of nitrogens with zero attached hydrogens (tertiary/aromatic N) is 2. The second-order valence-electron chi connectivity index (χ2n) is 6.77. The van der Waals surface area contributed by atoms with E-state index in [9.17, 15) is 9.18 Å². The molecule has 158 valence electrons. The highest BCUT2D eigenvalue weighted by atomic mass is 19.1. The number of nitrogens with one attached hydrogen (secondary N) is 1. The van der Waals surface area contributed by atoms with Crippen LogP contribution in [0.5, 0.6) is 11.5 Å². The third kappa shape index (κ3) is 4.32. The molecule has 0 unspecified atom stereocenters. The lowest BCUT2D eigenvalue weighted by Gasteiger charge is -2.11. The number of aromatic nitrogens is 2. The number of benzene rings is 2. The molecule has 0 saturated carbocycles. The number of carbonyl (C=O) groups excluding carboxylic acids is 1. The van der Waals surface area contributed by atoms with Gasteiger partial charge in [0.2, 0.25) is 0 Å². The van der Waals surface area contributed by atoms with Crippen molar-refractivity contribution in [1.29, 1.82) is 0 Å². The molecule has 8 heteroatoms. The first-order chi connectivity index (χ1) is 15.1. The fourth-order valence-electron chi connectivity index (χ4n) is 3.20. The summed E-state index contributed by atoms with van der Waals surface area (Å²) < 4.78 is 29.5. The molecule has 2 aromatic carbocycles. The number of ether oxygens (including phenoxy) is 2.